The molecule has 0 aliphatic carbocycles. The van der Waals surface area contributed by atoms with Crippen molar-refractivity contribution < 1.29 is 84.5 Å². The Kier molecular flexibility index (Phi) is 6.81. The first kappa shape index (κ1) is 29.0. The van der Waals surface area contributed by atoms with Gasteiger partial charge in [0.15, 0.2) is 0 Å². The fraction of sp³-hybridized carbons (Fsp3) is 0.750. The van der Waals surface area contributed by atoms with Crippen LogP contribution in [0.2, 0.25) is 0 Å². The van der Waals surface area contributed by atoms with E-state index in [0.29, 0.717) is 0 Å². The van der Waals surface area contributed by atoms with E-state index in [9.17, 15) is 84.5 Å². The standard InChI is InChI=1S/C12H5F17O2/c1-3(4(30)31)2-5(13,14)6(15,16)7(17,18)8(19,20)9(21,22)10(23,24)11(25,26)12(27,28)29/h1-2H2,(H,30,31)/p-1. The number of carboxylic acids is 1. The number of hydrogen-bond acceptors (Lipinski definition) is 2. The van der Waals surface area contributed by atoms with Gasteiger partial charge in [0, 0.05) is 6.42 Å². The topological polar surface area (TPSA) is 40.1 Å². The predicted molar refractivity (Wildman–Crippen MR) is 59.4 cm³/mol. The van der Waals surface area contributed by atoms with Crippen LogP contribution in [0.15, 0.2) is 12.2 Å². The van der Waals surface area contributed by atoms with Gasteiger partial charge in [-0.2, -0.15) is 74.6 Å². The fourth-order valence-electron chi connectivity index (χ4n) is 1.65. The van der Waals surface area contributed by atoms with Crippen LogP contribution in [0.3, 0.4) is 0 Å². The molecule has 2 nitrogen and oxygen atoms in total. The lowest BCUT2D eigenvalue weighted by molar-refractivity contribution is -0.461. The summed E-state index contributed by atoms with van der Waals surface area (Å²) in [5.74, 6) is -60.4. The van der Waals surface area contributed by atoms with E-state index in [1.54, 1.807) is 0 Å². The van der Waals surface area contributed by atoms with Crippen molar-refractivity contribution in [3.05, 3.63) is 12.2 Å². The van der Waals surface area contributed by atoms with Gasteiger partial charge in [0.1, 0.15) is 0 Å². The molecule has 0 bridgehead atoms. The molecule has 0 atom stereocenters. The normalized spacial score (nSPS) is 15.8. The first-order valence-corrected chi connectivity index (χ1v) is 6.68. The van der Waals surface area contributed by atoms with Crippen LogP contribution in [-0.4, -0.2) is 53.6 Å². The lowest BCUT2D eigenvalue weighted by Gasteiger charge is -2.42. The van der Waals surface area contributed by atoms with Crippen molar-refractivity contribution in [2.24, 2.45) is 0 Å². The number of carbonyl (C=O) groups excluding carboxylic acids is 1. The summed E-state index contributed by atoms with van der Waals surface area (Å²) in [6, 6.07) is 0. The molecular formula is C12H4F17O2-. The molecule has 31 heavy (non-hydrogen) atoms. The summed E-state index contributed by atoms with van der Waals surface area (Å²) < 4.78 is 219. The van der Waals surface area contributed by atoms with E-state index in [0.717, 1.165) is 0 Å². The van der Waals surface area contributed by atoms with Gasteiger partial charge in [0.2, 0.25) is 0 Å². The van der Waals surface area contributed by atoms with E-state index in [-0.39, 0.29) is 0 Å². The molecule has 0 aromatic heterocycles. The largest absolute Gasteiger partial charge is 0.545 e. The van der Waals surface area contributed by atoms with Crippen LogP contribution in [0.1, 0.15) is 6.42 Å². The number of carbonyl (C=O) groups is 1. The Morgan fingerprint density at radius 3 is 1.06 bits per heavy atom. The van der Waals surface area contributed by atoms with Crippen molar-refractivity contribution in [1.29, 1.82) is 0 Å². The smallest absolute Gasteiger partial charge is 0.460 e. The SMILES string of the molecule is C=C(CC(F)(F)C(F)(F)C(F)(F)C(F)(F)C(F)(F)C(F)(F)C(F)(F)C(F)(F)F)C(=O)[O-]. The Labute approximate surface area is 158 Å². The second kappa shape index (κ2) is 7.28. The number of aliphatic carboxylic acids is 1. The summed E-state index contributed by atoms with van der Waals surface area (Å²) in [7, 11) is 0. The minimum atomic E-state index is -8.73. The predicted octanol–water partition coefficient (Wildman–Crippen LogP) is 4.69. The molecule has 0 spiro atoms. The molecule has 184 valence electrons. The quantitative estimate of drug-likeness (QED) is 0.339. The van der Waals surface area contributed by atoms with Gasteiger partial charge in [-0.05, 0) is 5.57 Å². The summed E-state index contributed by atoms with van der Waals surface area (Å²) in [6.45, 7) is 2.04. The highest BCUT2D eigenvalue weighted by Gasteiger charge is 2.95. The number of rotatable bonds is 9. The second-order valence-corrected chi connectivity index (χ2v) is 5.72. The van der Waals surface area contributed by atoms with E-state index < -0.39 is 65.6 Å². The van der Waals surface area contributed by atoms with Crippen LogP contribution in [0.5, 0.6) is 0 Å². The summed E-state index contributed by atoms with van der Waals surface area (Å²) in [4.78, 5) is 10.1. The fourth-order valence-corrected chi connectivity index (χ4v) is 1.65. The molecule has 0 aromatic rings. The van der Waals surface area contributed by atoms with Gasteiger partial charge in [-0.15, -0.1) is 0 Å². The van der Waals surface area contributed by atoms with Crippen LogP contribution in [-0.2, 0) is 4.79 Å². The number of hydrogen-bond donors (Lipinski definition) is 0. The molecule has 0 rings (SSSR count). The third-order valence-corrected chi connectivity index (χ3v) is 3.51. The molecular weight excluding hydrogens is 499 g/mol. The van der Waals surface area contributed by atoms with Crippen molar-refractivity contribution >= 4 is 5.97 Å². The highest BCUT2D eigenvalue weighted by molar-refractivity contribution is 5.83. The first-order chi connectivity index (χ1) is 13.1. The van der Waals surface area contributed by atoms with Crippen LogP contribution in [0, 0.1) is 0 Å². The lowest BCUT2D eigenvalue weighted by Crippen LogP contribution is -2.74. The molecule has 0 N–H and O–H groups in total. The molecule has 0 heterocycles. The van der Waals surface area contributed by atoms with E-state index in [1.165, 1.54) is 0 Å². The minimum Gasteiger partial charge on any atom is -0.545 e. The minimum absolute atomic E-state index is 2.04. The maximum absolute atomic E-state index is 13.3. The van der Waals surface area contributed by atoms with Crippen molar-refractivity contribution in [1.82, 2.24) is 0 Å². The number of alkyl halides is 17. The van der Waals surface area contributed by atoms with Crippen molar-refractivity contribution in [2.75, 3.05) is 0 Å². The lowest BCUT2D eigenvalue weighted by atomic mass is 9.87. The van der Waals surface area contributed by atoms with Crippen LogP contribution in [0.25, 0.3) is 0 Å². The van der Waals surface area contributed by atoms with E-state index in [1.807, 2.05) is 6.58 Å². The Morgan fingerprint density at radius 1 is 0.548 bits per heavy atom. The van der Waals surface area contributed by atoms with E-state index in [2.05, 4.69) is 0 Å². The Morgan fingerprint density at radius 2 is 0.806 bits per heavy atom. The van der Waals surface area contributed by atoms with Gasteiger partial charge in [0.05, 0.1) is 5.97 Å². The van der Waals surface area contributed by atoms with Gasteiger partial charge in [-0.25, -0.2) is 0 Å². The average Bonchev–Trinajstić information content (AvgIpc) is 2.51. The Balaban J connectivity index is 6.69. The van der Waals surface area contributed by atoms with Gasteiger partial charge in [0.25, 0.3) is 0 Å². The first-order valence-electron chi connectivity index (χ1n) is 6.68. The van der Waals surface area contributed by atoms with Crippen molar-refractivity contribution in [2.45, 2.75) is 54.1 Å². The molecule has 0 fully saturated rings. The third-order valence-electron chi connectivity index (χ3n) is 3.51. The zero-order valence-corrected chi connectivity index (χ0v) is 13.7. The highest BCUT2D eigenvalue weighted by Crippen LogP contribution is 2.64. The van der Waals surface area contributed by atoms with Crippen molar-refractivity contribution in [3.63, 3.8) is 0 Å². The Hall–Kier alpha value is -1.98. The molecule has 0 radical (unpaired) electrons. The molecule has 0 unspecified atom stereocenters. The van der Waals surface area contributed by atoms with Crippen LogP contribution < -0.4 is 5.11 Å². The number of carboxylic acid groups (broad SMARTS) is 1. The molecule has 0 saturated heterocycles. The summed E-state index contributed by atoms with van der Waals surface area (Å²) >= 11 is 0. The van der Waals surface area contributed by atoms with Gasteiger partial charge >= 0.3 is 47.6 Å². The maximum atomic E-state index is 13.3. The van der Waals surface area contributed by atoms with Crippen LogP contribution in [0.4, 0.5) is 74.6 Å². The molecule has 19 heteroatoms. The summed E-state index contributed by atoms with van der Waals surface area (Å²) in [5.41, 5.74) is -2.23. The summed E-state index contributed by atoms with van der Waals surface area (Å²) in [5, 5.41) is 10.1. The second-order valence-electron chi connectivity index (χ2n) is 5.72. The molecule has 0 aliphatic rings. The van der Waals surface area contributed by atoms with Crippen LogP contribution >= 0.6 is 0 Å². The monoisotopic (exact) mass is 503 g/mol. The van der Waals surface area contributed by atoms with Gasteiger partial charge in [-0.3, -0.25) is 0 Å². The zero-order valence-electron chi connectivity index (χ0n) is 13.7. The highest BCUT2D eigenvalue weighted by atomic mass is 19.4. The molecule has 0 aromatic carbocycles. The van der Waals surface area contributed by atoms with Gasteiger partial charge in [-0.1, -0.05) is 6.58 Å². The van der Waals surface area contributed by atoms with Gasteiger partial charge < -0.3 is 9.90 Å². The molecule has 0 aliphatic heterocycles. The maximum Gasteiger partial charge on any atom is 0.460 e. The number of halogens is 17. The average molecular weight is 503 g/mol. The molecule has 0 saturated carbocycles. The zero-order chi connectivity index (χ0) is 25.9. The summed E-state index contributed by atoms with van der Waals surface area (Å²) in [6.07, 6.45) is -11.1. The molecule has 0 amide bonds. The van der Waals surface area contributed by atoms with Crippen molar-refractivity contribution in [3.8, 4) is 0 Å². The third kappa shape index (κ3) is 3.87. The Bertz CT molecular complexity index is 717. The van der Waals surface area contributed by atoms with E-state index in [4.69, 9.17) is 0 Å². The van der Waals surface area contributed by atoms with E-state index >= 15 is 0 Å².